The number of amides is 2. The van der Waals surface area contributed by atoms with Crippen molar-refractivity contribution < 1.29 is 14.1 Å². The number of fused-ring (bicyclic) bond motifs is 2. The smallest absolute Gasteiger partial charge is 0.292 e. The lowest BCUT2D eigenvalue weighted by Crippen LogP contribution is -2.53. The first-order valence-electron chi connectivity index (χ1n) is 9.55. The van der Waals surface area contributed by atoms with Gasteiger partial charge >= 0.3 is 0 Å². The molecule has 2 aliphatic rings. The van der Waals surface area contributed by atoms with Crippen LogP contribution in [0.2, 0.25) is 0 Å². The maximum atomic E-state index is 13.1. The van der Waals surface area contributed by atoms with Crippen LogP contribution in [-0.4, -0.2) is 42.0 Å². The molecule has 2 aromatic rings. The Labute approximate surface area is 159 Å². The standard InChI is InChI=1S/C21H25N3O3/c1-14(2)11-15-12-18(27-22-15)19(25)24-10-6-9-21(13-24)16-7-4-5-8-17(16)23(3)20(21)26/h4-5,7-8,12,14H,6,9-11,13H2,1-3H3. The van der Waals surface area contributed by atoms with E-state index in [1.54, 1.807) is 15.9 Å². The summed E-state index contributed by atoms with van der Waals surface area (Å²) < 4.78 is 5.31. The van der Waals surface area contributed by atoms with E-state index in [2.05, 4.69) is 19.0 Å². The number of nitrogens with zero attached hydrogens (tertiary/aromatic N) is 3. The summed E-state index contributed by atoms with van der Waals surface area (Å²) in [5.74, 6) is 0.588. The normalized spacial score (nSPS) is 22.0. The summed E-state index contributed by atoms with van der Waals surface area (Å²) in [7, 11) is 1.81. The number of aromatic nitrogens is 1. The van der Waals surface area contributed by atoms with Crippen molar-refractivity contribution in [1.29, 1.82) is 0 Å². The van der Waals surface area contributed by atoms with Crippen LogP contribution < -0.4 is 4.90 Å². The maximum absolute atomic E-state index is 13.1. The van der Waals surface area contributed by atoms with Gasteiger partial charge in [-0.3, -0.25) is 9.59 Å². The lowest BCUT2D eigenvalue weighted by atomic mass is 9.75. The zero-order valence-electron chi connectivity index (χ0n) is 16.1. The van der Waals surface area contributed by atoms with Gasteiger partial charge in [0.05, 0.1) is 11.1 Å². The van der Waals surface area contributed by atoms with Crippen LogP contribution in [0.3, 0.4) is 0 Å². The Bertz CT molecular complexity index is 888. The number of hydrogen-bond donors (Lipinski definition) is 0. The lowest BCUT2D eigenvalue weighted by molar-refractivity contribution is -0.124. The SMILES string of the molecule is CC(C)Cc1cc(C(=O)N2CCCC3(C2)C(=O)N(C)c2ccccc23)on1. The Morgan fingerprint density at radius 1 is 1.33 bits per heavy atom. The second-order valence-electron chi connectivity index (χ2n) is 8.07. The third kappa shape index (κ3) is 2.83. The topological polar surface area (TPSA) is 66.7 Å². The highest BCUT2D eigenvalue weighted by Gasteiger charge is 2.52. The van der Waals surface area contributed by atoms with E-state index in [9.17, 15) is 9.59 Å². The molecule has 0 aliphatic carbocycles. The van der Waals surface area contributed by atoms with Crippen LogP contribution in [-0.2, 0) is 16.6 Å². The lowest BCUT2D eigenvalue weighted by Gasteiger charge is -2.39. The van der Waals surface area contributed by atoms with E-state index in [0.717, 1.165) is 36.2 Å². The van der Waals surface area contributed by atoms with Gasteiger partial charge in [0.1, 0.15) is 0 Å². The van der Waals surface area contributed by atoms with E-state index in [-0.39, 0.29) is 17.6 Å². The number of carbonyl (C=O) groups excluding carboxylic acids is 2. The van der Waals surface area contributed by atoms with E-state index in [0.29, 0.717) is 19.0 Å². The predicted octanol–water partition coefficient (Wildman–Crippen LogP) is 3.02. The fraction of sp³-hybridized carbons (Fsp3) is 0.476. The van der Waals surface area contributed by atoms with E-state index >= 15 is 0 Å². The summed E-state index contributed by atoms with van der Waals surface area (Å²) in [6.45, 7) is 5.21. The summed E-state index contributed by atoms with van der Waals surface area (Å²) in [4.78, 5) is 29.6. The number of likely N-dealkylation sites (tertiary alicyclic amines) is 1. The minimum absolute atomic E-state index is 0.0688. The van der Waals surface area contributed by atoms with Crippen LogP contribution in [0.25, 0.3) is 0 Å². The molecular weight excluding hydrogens is 342 g/mol. The van der Waals surface area contributed by atoms with Crippen molar-refractivity contribution in [3.63, 3.8) is 0 Å². The van der Waals surface area contributed by atoms with Crippen molar-refractivity contribution in [1.82, 2.24) is 10.1 Å². The van der Waals surface area contributed by atoms with E-state index < -0.39 is 5.41 Å². The minimum Gasteiger partial charge on any atom is -0.351 e. The zero-order valence-corrected chi connectivity index (χ0v) is 16.1. The minimum atomic E-state index is -0.653. The summed E-state index contributed by atoms with van der Waals surface area (Å²) in [5, 5.41) is 4.03. The molecule has 0 N–H and O–H groups in total. The molecule has 1 unspecified atom stereocenters. The average Bonchev–Trinajstić information content (AvgIpc) is 3.20. The molecule has 2 aliphatic heterocycles. The van der Waals surface area contributed by atoms with Crippen molar-refractivity contribution in [3.05, 3.63) is 47.3 Å². The molecule has 1 atom stereocenters. The number of carbonyl (C=O) groups is 2. The summed E-state index contributed by atoms with van der Waals surface area (Å²) in [6, 6.07) is 9.62. The van der Waals surface area contributed by atoms with Crippen molar-refractivity contribution >= 4 is 17.5 Å². The molecule has 6 nitrogen and oxygen atoms in total. The monoisotopic (exact) mass is 367 g/mol. The summed E-state index contributed by atoms with van der Waals surface area (Å²) >= 11 is 0. The number of anilines is 1. The van der Waals surface area contributed by atoms with Gasteiger partial charge in [-0.1, -0.05) is 37.2 Å². The Morgan fingerprint density at radius 2 is 2.11 bits per heavy atom. The Morgan fingerprint density at radius 3 is 2.89 bits per heavy atom. The van der Waals surface area contributed by atoms with Gasteiger partial charge in [0, 0.05) is 31.9 Å². The number of rotatable bonds is 3. The van der Waals surface area contributed by atoms with Crippen molar-refractivity contribution in [2.75, 3.05) is 25.0 Å². The third-order valence-electron chi connectivity index (χ3n) is 5.66. The van der Waals surface area contributed by atoms with Gasteiger partial charge < -0.3 is 14.3 Å². The van der Waals surface area contributed by atoms with E-state index in [4.69, 9.17) is 4.52 Å². The van der Waals surface area contributed by atoms with Crippen molar-refractivity contribution in [3.8, 4) is 0 Å². The highest BCUT2D eigenvalue weighted by atomic mass is 16.5. The molecule has 1 saturated heterocycles. The second kappa shape index (κ2) is 6.51. The molecule has 142 valence electrons. The van der Waals surface area contributed by atoms with Crippen LogP contribution in [0.5, 0.6) is 0 Å². The summed E-state index contributed by atoms with van der Waals surface area (Å²) in [6.07, 6.45) is 2.32. The number of piperidine rings is 1. The fourth-order valence-corrected chi connectivity index (χ4v) is 4.42. The quantitative estimate of drug-likeness (QED) is 0.836. The predicted molar refractivity (Wildman–Crippen MR) is 102 cm³/mol. The average molecular weight is 367 g/mol. The van der Waals surface area contributed by atoms with E-state index in [1.807, 2.05) is 31.3 Å². The molecule has 4 rings (SSSR count). The zero-order chi connectivity index (χ0) is 19.2. The van der Waals surface area contributed by atoms with Crippen LogP contribution in [0, 0.1) is 5.92 Å². The highest BCUT2D eigenvalue weighted by Crippen LogP contribution is 2.46. The van der Waals surface area contributed by atoms with Gasteiger partial charge in [0.15, 0.2) is 0 Å². The van der Waals surface area contributed by atoms with Gasteiger partial charge in [-0.15, -0.1) is 0 Å². The number of likely N-dealkylation sites (N-methyl/N-ethyl adjacent to an activating group) is 1. The van der Waals surface area contributed by atoms with Gasteiger partial charge in [0.25, 0.3) is 5.91 Å². The molecule has 1 aromatic heterocycles. The van der Waals surface area contributed by atoms with Gasteiger partial charge in [0.2, 0.25) is 11.7 Å². The molecule has 3 heterocycles. The number of para-hydroxylation sites is 1. The largest absolute Gasteiger partial charge is 0.351 e. The molecular formula is C21H25N3O3. The second-order valence-corrected chi connectivity index (χ2v) is 8.07. The number of hydrogen-bond acceptors (Lipinski definition) is 4. The molecule has 0 bridgehead atoms. The fourth-order valence-electron chi connectivity index (χ4n) is 4.42. The first-order valence-corrected chi connectivity index (χ1v) is 9.55. The molecule has 1 fully saturated rings. The molecule has 1 aromatic carbocycles. The first-order chi connectivity index (χ1) is 12.9. The molecule has 0 radical (unpaired) electrons. The van der Waals surface area contributed by atoms with Gasteiger partial charge in [-0.25, -0.2) is 0 Å². The number of benzene rings is 1. The Balaban J connectivity index is 1.61. The van der Waals surface area contributed by atoms with Gasteiger partial charge in [-0.2, -0.15) is 0 Å². The highest BCUT2D eigenvalue weighted by molar-refractivity contribution is 6.08. The first kappa shape index (κ1) is 17.8. The molecule has 2 amide bonds. The maximum Gasteiger partial charge on any atom is 0.292 e. The van der Waals surface area contributed by atoms with Crippen LogP contribution in [0.4, 0.5) is 5.69 Å². The molecule has 6 heteroatoms. The van der Waals surface area contributed by atoms with Crippen LogP contribution in [0.15, 0.2) is 34.9 Å². The van der Waals surface area contributed by atoms with Crippen molar-refractivity contribution in [2.24, 2.45) is 5.92 Å². The third-order valence-corrected chi connectivity index (χ3v) is 5.66. The Kier molecular flexibility index (Phi) is 4.29. The Hall–Kier alpha value is -2.63. The summed E-state index contributed by atoms with van der Waals surface area (Å²) in [5.41, 5.74) is 2.10. The molecule has 27 heavy (non-hydrogen) atoms. The molecule has 1 spiro atoms. The van der Waals surface area contributed by atoms with Gasteiger partial charge in [-0.05, 0) is 36.8 Å². The van der Waals surface area contributed by atoms with Crippen molar-refractivity contribution in [2.45, 2.75) is 38.5 Å². The van der Waals surface area contributed by atoms with E-state index in [1.165, 1.54) is 0 Å². The van der Waals surface area contributed by atoms with Crippen LogP contribution >= 0.6 is 0 Å². The molecule has 0 saturated carbocycles. The van der Waals surface area contributed by atoms with Crippen LogP contribution in [0.1, 0.15) is 48.5 Å².